The summed E-state index contributed by atoms with van der Waals surface area (Å²) in [6, 6.07) is 5.99. The molecular weight excluding hydrogens is 466 g/mol. The van der Waals surface area contributed by atoms with E-state index in [2.05, 4.69) is 0 Å². The fraction of sp³-hybridized carbons (Fsp3) is 0.370. The van der Waals surface area contributed by atoms with Crippen LogP contribution in [-0.2, 0) is 33.3 Å². The smallest absolute Gasteiger partial charge is 0.322 e. The minimum absolute atomic E-state index is 0.0770. The second-order valence-electron chi connectivity index (χ2n) is 9.30. The minimum Gasteiger partial charge on any atom is -0.468 e. The molecule has 0 amide bonds. The molecule has 2 aliphatic rings. The highest BCUT2D eigenvalue weighted by molar-refractivity contribution is 5.96. The molecule has 1 aromatic rings. The SMILES string of the molecule is COC(=O)C(C(=O)OC(C)(C)C)C(N)C1=COC=C(C2=CC=CCC2c2ccc(OC(C)=O)cc2)O1. The molecule has 0 saturated heterocycles. The molecule has 0 saturated carbocycles. The molecular formula is C27H31NO8. The summed E-state index contributed by atoms with van der Waals surface area (Å²) in [5.41, 5.74) is 7.25. The molecule has 1 aliphatic heterocycles. The van der Waals surface area contributed by atoms with Gasteiger partial charge in [-0.1, -0.05) is 30.4 Å². The van der Waals surface area contributed by atoms with E-state index in [-0.39, 0.29) is 11.7 Å². The van der Waals surface area contributed by atoms with E-state index in [1.807, 2.05) is 30.4 Å². The Hall–Kier alpha value is -3.85. The minimum atomic E-state index is -1.45. The molecule has 3 atom stereocenters. The average molecular weight is 498 g/mol. The molecule has 1 heterocycles. The van der Waals surface area contributed by atoms with E-state index in [1.54, 1.807) is 32.9 Å². The van der Waals surface area contributed by atoms with Crippen molar-refractivity contribution in [3.05, 3.63) is 77.7 Å². The van der Waals surface area contributed by atoms with Crippen LogP contribution in [0.3, 0.4) is 0 Å². The van der Waals surface area contributed by atoms with Crippen LogP contribution in [0.15, 0.2) is 72.1 Å². The van der Waals surface area contributed by atoms with Gasteiger partial charge in [0.1, 0.15) is 23.9 Å². The van der Waals surface area contributed by atoms with Crippen molar-refractivity contribution in [3.8, 4) is 5.75 Å². The number of allylic oxidation sites excluding steroid dienone is 4. The molecule has 0 bridgehead atoms. The maximum atomic E-state index is 12.8. The summed E-state index contributed by atoms with van der Waals surface area (Å²) in [5, 5.41) is 0. The third-order valence-electron chi connectivity index (χ3n) is 5.38. The molecule has 0 radical (unpaired) electrons. The third kappa shape index (κ3) is 6.63. The highest BCUT2D eigenvalue weighted by Gasteiger charge is 2.41. The van der Waals surface area contributed by atoms with Crippen LogP contribution in [0.1, 0.15) is 45.6 Å². The van der Waals surface area contributed by atoms with Crippen LogP contribution in [0.25, 0.3) is 0 Å². The Morgan fingerprint density at radius 1 is 1.08 bits per heavy atom. The van der Waals surface area contributed by atoms with E-state index in [4.69, 9.17) is 29.4 Å². The Bertz CT molecular complexity index is 1120. The number of benzene rings is 1. The van der Waals surface area contributed by atoms with Crippen LogP contribution in [0.4, 0.5) is 0 Å². The van der Waals surface area contributed by atoms with Gasteiger partial charge in [-0.15, -0.1) is 0 Å². The summed E-state index contributed by atoms with van der Waals surface area (Å²) >= 11 is 0. The van der Waals surface area contributed by atoms with Crippen LogP contribution in [0, 0.1) is 5.92 Å². The summed E-state index contributed by atoms with van der Waals surface area (Å²) in [7, 11) is 1.17. The van der Waals surface area contributed by atoms with Crippen LogP contribution < -0.4 is 10.5 Å². The molecule has 0 aromatic heterocycles. The van der Waals surface area contributed by atoms with Crippen molar-refractivity contribution in [2.75, 3.05) is 7.11 Å². The number of hydrogen-bond acceptors (Lipinski definition) is 9. The summed E-state index contributed by atoms with van der Waals surface area (Å²) < 4.78 is 26.9. The van der Waals surface area contributed by atoms with E-state index < -0.39 is 35.5 Å². The van der Waals surface area contributed by atoms with Gasteiger partial charge in [-0.05, 0) is 44.9 Å². The maximum absolute atomic E-state index is 12.8. The lowest BCUT2D eigenvalue weighted by atomic mass is 9.84. The van der Waals surface area contributed by atoms with Crippen LogP contribution in [0.5, 0.6) is 5.75 Å². The van der Waals surface area contributed by atoms with Crippen molar-refractivity contribution >= 4 is 17.9 Å². The molecule has 1 aromatic carbocycles. The number of carbonyl (C=O) groups excluding carboxylic acids is 3. The number of esters is 3. The zero-order valence-electron chi connectivity index (χ0n) is 21.0. The van der Waals surface area contributed by atoms with Gasteiger partial charge < -0.3 is 29.4 Å². The summed E-state index contributed by atoms with van der Waals surface area (Å²) in [6.07, 6.45) is 9.19. The molecule has 3 rings (SSSR count). The van der Waals surface area contributed by atoms with Gasteiger partial charge in [0, 0.05) is 18.4 Å². The molecule has 9 heteroatoms. The van der Waals surface area contributed by atoms with E-state index in [9.17, 15) is 14.4 Å². The lowest BCUT2D eigenvalue weighted by molar-refractivity contribution is -0.169. The van der Waals surface area contributed by atoms with Crippen molar-refractivity contribution < 1.29 is 38.1 Å². The van der Waals surface area contributed by atoms with Crippen molar-refractivity contribution in [2.24, 2.45) is 11.7 Å². The highest BCUT2D eigenvalue weighted by atomic mass is 16.6. The largest absolute Gasteiger partial charge is 0.468 e. The predicted molar refractivity (Wildman–Crippen MR) is 130 cm³/mol. The quantitative estimate of drug-likeness (QED) is 0.341. The Labute approximate surface area is 210 Å². The predicted octanol–water partition coefficient (Wildman–Crippen LogP) is 3.77. The van der Waals surface area contributed by atoms with Crippen molar-refractivity contribution in [3.63, 3.8) is 0 Å². The second kappa shape index (κ2) is 11.3. The number of carbonyl (C=O) groups is 3. The Morgan fingerprint density at radius 3 is 2.39 bits per heavy atom. The van der Waals surface area contributed by atoms with E-state index >= 15 is 0 Å². The Kier molecular flexibility index (Phi) is 8.37. The van der Waals surface area contributed by atoms with Crippen molar-refractivity contribution in [2.45, 2.75) is 51.7 Å². The van der Waals surface area contributed by atoms with Crippen LogP contribution in [0.2, 0.25) is 0 Å². The van der Waals surface area contributed by atoms with Gasteiger partial charge in [-0.2, -0.15) is 0 Å². The molecule has 36 heavy (non-hydrogen) atoms. The van der Waals surface area contributed by atoms with Gasteiger partial charge in [0.05, 0.1) is 13.2 Å². The molecule has 0 spiro atoms. The van der Waals surface area contributed by atoms with Gasteiger partial charge in [0.2, 0.25) is 0 Å². The first kappa shape index (κ1) is 26.7. The summed E-state index contributed by atoms with van der Waals surface area (Å²) in [5.74, 6) is -2.69. The van der Waals surface area contributed by atoms with Crippen molar-refractivity contribution in [1.29, 1.82) is 0 Å². The van der Waals surface area contributed by atoms with Gasteiger partial charge in [0.25, 0.3) is 0 Å². The molecule has 0 fully saturated rings. The molecule has 2 N–H and O–H groups in total. The van der Waals surface area contributed by atoms with Crippen LogP contribution >= 0.6 is 0 Å². The number of nitrogens with two attached hydrogens (primary N) is 1. The fourth-order valence-corrected chi connectivity index (χ4v) is 3.79. The van der Waals surface area contributed by atoms with Gasteiger partial charge in [0.15, 0.2) is 17.4 Å². The van der Waals surface area contributed by atoms with E-state index in [1.165, 1.54) is 26.6 Å². The topological polar surface area (TPSA) is 123 Å². The van der Waals surface area contributed by atoms with Gasteiger partial charge in [-0.3, -0.25) is 14.4 Å². The van der Waals surface area contributed by atoms with E-state index in [0.717, 1.165) is 11.1 Å². The monoisotopic (exact) mass is 497 g/mol. The Morgan fingerprint density at radius 2 is 1.78 bits per heavy atom. The summed E-state index contributed by atoms with van der Waals surface area (Å²) in [6.45, 7) is 6.41. The normalized spacial score (nSPS) is 18.8. The second-order valence-corrected chi connectivity index (χ2v) is 9.30. The summed E-state index contributed by atoms with van der Waals surface area (Å²) in [4.78, 5) is 36.4. The third-order valence-corrected chi connectivity index (χ3v) is 5.38. The Balaban J connectivity index is 1.81. The van der Waals surface area contributed by atoms with E-state index in [0.29, 0.717) is 17.9 Å². The molecule has 9 nitrogen and oxygen atoms in total. The zero-order chi connectivity index (χ0) is 26.5. The molecule has 1 aliphatic carbocycles. The van der Waals surface area contributed by atoms with Gasteiger partial charge in [-0.25, -0.2) is 0 Å². The van der Waals surface area contributed by atoms with Crippen LogP contribution in [-0.4, -0.2) is 36.7 Å². The fourth-order valence-electron chi connectivity index (χ4n) is 3.79. The first-order chi connectivity index (χ1) is 17.0. The lowest BCUT2D eigenvalue weighted by Gasteiger charge is -2.30. The first-order valence-electron chi connectivity index (χ1n) is 11.5. The lowest BCUT2D eigenvalue weighted by Crippen LogP contribution is -2.46. The molecule has 192 valence electrons. The van der Waals surface area contributed by atoms with Crippen molar-refractivity contribution in [1.82, 2.24) is 0 Å². The average Bonchev–Trinajstić information content (AvgIpc) is 2.83. The molecule has 3 unspecified atom stereocenters. The number of methoxy groups -OCH3 is 1. The highest BCUT2D eigenvalue weighted by Crippen LogP contribution is 2.38. The van der Waals surface area contributed by atoms with Gasteiger partial charge >= 0.3 is 17.9 Å². The first-order valence-corrected chi connectivity index (χ1v) is 11.5. The number of ether oxygens (including phenoxy) is 5. The number of rotatable bonds is 7. The zero-order valence-corrected chi connectivity index (χ0v) is 21.0. The maximum Gasteiger partial charge on any atom is 0.322 e. The number of hydrogen-bond donors (Lipinski definition) is 1. The standard InChI is InChI=1S/C27H31NO8/c1-16(29)34-18-12-10-17(11-13-18)19-8-6-7-9-20(19)21-14-33-15-22(35-21)24(28)23(25(30)32-5)26(31)36-27(2,3)4/h6-7,9-15,19,23-24H,8,28H2,1-5H3.